The highest BCUT2D eigenvalue weighted by atomic mass is 16.5. The summed E-state index contributed by atoms with van der Waals surface area (Å²) in [5.74, 6) is 0.0454. The van der Waals surface area contributed by atoms with Crippen molar-refractivity contribution in [3.05, 3.63) is 53.1 Å². The topological polar surface area (TPSA) is 97.4 Å². The van der Waals surface area contributed by atoms with Crippen LogP contribution in [-0.2, 0) is 9.53 Å². The number of fused-ring (bicyclic) bond motifs is 5. The van der Waals surface area contributed by atoms with Crippen LogP contribution in [0.3, 0.4) is 0 Å². The first-order chi connectivity index (χ1) is 15.5. The lowest BCUT2D eigenvalue weighted by Gasteiger charge is -2.40. The molecule has 2 aliphatic heterocycles. The Balaban J connectivity index is 1.74. The Bertz CT molecular complexity index is 1070. The van der Waals surface area contributed by atoms with E-state index in [0.29, 0.717) is 47.0 Å². The zero-order valence-corrected chi connectivity index (χ0v) is 18.2. The molecule has 0 radical (unpaired) electrons. The number of hydrogen-bond donors (Lipinski definition) is 1. The van der Waals surface area contributed by atoms with E-state index in [-0.39, 0.29) is 30.7 Å². The number of hydrogen-bond acceptors (Lipinski definition) is 6. The third-order valence-corrected chi connectivity index (χ3v) is 5.69. The van der Waals surface area contributed by atoms with Gasteiger partial charge in [0.15, 0.2) is 11.5 Å². The molecule has 0 aromatic heterocycles. The van der Waals surface area contributed by atoms with Crippen molar-refractivity contribution in [2.45, 2.75) is 12.6 Å². The SMILES string of the molecule is COCCNC(=O)CCN1C(=O)c2ccccc2N2C(=O)c3c(ccc(OC)c3OC)[C@@H]12. The minimum Gasteiger partial charge on any atom is -0.493 e. The van der Waals surface area contributed by atoms with E-state index < -0.39 is 6.17 Å². The summed E-state index contributed by atoms with van der Waals surface area (Å²) >= 11 is 0. The van der Waals surface area contributed by atoms with Crippen molar-refractivity contribution in [1.82, 2.24) is 10.2 Å². The van der Waals surface area contributed by atoms with Crippen molar-refractivity contribution >= 4 is 23.4 Å². The van der Waals surface area contributed by atoms with Gasteiger partial charge in [-0.2, -0.15) is 0 Å². The Morgan fingerprint density at radius 1 is 1.03 bits per heavy atom. The van der Waals surface area contributed by atoms with E-state index in [0.717, 1.165) is 0 Å². The van der Waals surface area contributed by atoms with Gasteiger partial charge in [-0.3, -0.25) is 19.3 Å². The van der Waals surface area contributed by atoms with E-state index in [4.69, 9.17) is 14.2 Å². The van der Waals surface area contributed by atoms with Gasteiger partial charge in [0.2, 0.25) is 5.91 Å². The maximum Gasteiger partial charge on any atom is 0.264 e. The maximum absolute atomic E-state index is 13.6. The number of benzene rings is 2. The number of amides is 3. The Hall–Kier alpha value is -3.59. The van der Waals surface area contributed by atoms with E-state index >= 15 is 0 Å². The second-order valence-electron chi connectivity index (χ2n) is 7.42. The predicted molar refractivity (Wildman–Crippen MR) is 116 cm³/mol. The van der Waals surface area contributed by atoms with Gasteiger partial charge < -0.3 is 24.4 Å². The molecule has 0 unspecified atom stereocenters. The number of anilines is 1. The third kappa shape index (κ3) is 3.44. The number of ether oxygens (including phenoxy) is 3. The largest absolute Gasteiger partial charge is 0.493 e. The molecule has 168 valence electrons. The Labute approximate surface area is 185 Å². The molecule has 0 spiro atoms. The highest BCUT2D eigenvalue weighted by Gasteiger charge is 2.49. The van der Waals surface area contributed by atoms with Gasteiger partial charge in [0.25, 0.3) is 11.8 Å². The average molecular weight is 439 g/mol. The molecule has 1 atom stereocenters. The van der Waals surface area contributed by atoms with Crippen molar-refractivity contribution in [1.29, 1.82) is 0 Å². The van der Waals surface area contributed by atoms with Crippen molar-refractivity contribution < 1.29 is 28.6 Å². The maximum atomic E-state index is 13.6. The molecule has 0 fully saturated rings. The summed E-state index contributed by atoms with van der Waals surface area (Å²) < 4.78 is 15.8. The molecule has 32 heavy (non-hydrogen) atoms. The quantitative estimate of drug-likeness (QED) is 0.632. The molecule has 2 aromatic carbocycles. The highest BCUT2D eigenvalue weighted by Crippen LogP contribution is 2.49. The average Bonchev–Trinajstić information content (AvgIpc) is 3.11. The summed E-state index contributed by atoms with van der Waals surface area (Å²) in [6.07, 6.45) is -0.579. The molecule has 0 aliphatic carbocycles. The van der Waals surface area contributed by atoms with Crippen LogP contribution in [0, 0.1) is 0 Å². The van der Waals surface area contributed by atoms with Gasteiger partial charge in [0.1, 0.15) is 6.17 Å². The molecule has 9 heteroatoms. The van der Waals surface area contributed by atoms with Gasteiger partial charge in [-0.05, 0) is 18.2 Å². The third-order valence-electron chi connectivity index (χ3n) is 5.69. The zero-order valence-electron chi connectivity index (χ0n) is 18.2. The smallest absolute Gasteiger partial charge is 0.264 e. The molecule has 0 saturated carbocycles. The van der Waals surface area contributed by atoms with E-state index in [2.05, 4.69) is 5.32 Å². The van der Waals surface area contributed by atoms with Crippen molar-refractivity contribution in [3.63, 3.8) is 0 Å². The number of methoxy groups -OCH3 is 3. The number of para-hydroxylation sites is 1. The Morgan fingerprint density at radius 3 is 2.53 bits per heavy atom. The number of rotatable bonds is 8. The highest BCUT2D eigenvalue weighted by molar-refractivity contribution is 6.18. The summed E-state index contributed by atoms with van der Waals surface area (Å²) in [5.41, 5.74) is 1.94. The van der Waals surface area contributed by atoms with Crippen LogP contribution >= 0.6 is 0 Å². The summed E-state index contributed by atoms with van der Waals surface area (Å²) in [7, 11) is 4.54. The van der Waals surface area contributed by atoms with E-state index in [1.54, 1.807) is 53.3 Å². The fourth-order valence-electron chi connectivity index (χ4n) is 4.25. The number of nitrogens with one attached hydrogen (secondary N) is 1. The molecule has 0 saturated heterocycles. The first kappa shape index (κ1) is 21.6. The molecule has 0 bridgehead atoms. The first-order valence-electron chi connectivity index (χ1n) is 10.3. The van der Waals surface area contributed by atoms with Gasteiger partial charge >= 0.3 is 0 Å². The molecule has 1 N–H and O–H groups in total. The summed E-state index contributed by atoms with van der Waals surface area (Å²) in [5, 5.41) is 2.76. The van der Waals surface area contributed by atoms with Crippen molar-refractivity contribution in [2.75, 3.05) is 45.9 Å². The minimum absolute atomic E-state index is 0.0960. The normalized spacial score (nSPS) is 16.4. The molecule has 9 nitrogen and oxygen atoms in total. The van der Waals surface area contributed by atoms with Crippen LogP contribution < -0.4 is 19.7 Å². The van der Waals surface area contributed by atoms with E-state index in [1.165, 1.54) is 14.2 Å². The van der Waals surface area contributed by atoms with Gasteiger partial charge in [0.05, 0.1) is 37.6 Å². The lowest BCUT2D eigenvalue weighted by atomic mass is 10.0. The standard InChI is InChI=1S/C23H25N3O6/c1-30-13-11-24-18(27)10-12-25-21-15-8-9-17(31-2)20(32-3)19(15)23(29)26(21)16-7-5-4-6-14(16)22(25)28/h4-9,21H,10-13H2,1-3H3,(H,24,27)/t21-/m0/s1. The van der Waals surface area contributed by atoms with Crippen LogP contribution in [-0.4, -0.2) is 63.6 Å². The lowest BCUT2D eigenvalue weighted by Crippen LogP contribution is -2.49. The van der Waals surface area contributed by atoms with E-state index in [9.17, 15) is 14.4 Å². The summed E-state index contributed by atoms with van der Waals surface area (Å²) in [6, 6.07) is 10.5. The van der Waals surface area contributed by atoms with Gasteiger partial charge in [-0.25, -0.2) is 0 Å². The number of nitrogens with zero attached hydrogens (tertiary/aromatic N) is 2. The first-order valence-corrected chi connectivity index (χ1v) is 10.3. The second-order valence-corrected chi connectivity index (χ2v) is 7.42. The fraction of sp³-hybridized carbons (Fsp3) is 0.348. The van der Waals surface area contributed by atoms with Crippen LogP contribution in [0.5, 0.6) is 11.5 Å². The fourth-order valence-corrected chi connectivity index (χ4v) is 4.25. The van der Waals surface area contributed by atoms with Crippen LogP contribution in [0.1, 0.15) is 38.9 Å². The molecule has 2 aliphatic rings. The molecule has 2 aromatic rings. The lowest BCUT2D eigenvalue weighted by molar-refractivity contribution is -0.121. The van der Waals surface area contributed by atoms with Crippen molar-refractivity contribution in [2.24, 2.45) is 0 Å². The Kier molecular flexibility index (Phi) is 6.00. The monoisotopic (exact) mass is 439 g/mol. The molecule has 4 rings (SSSR count). The number of carbonyl (C=O) groups excluding carboxylic acids is 3. The molecule has 2 heterocycles. The van der Waals surface area contributed by atoms with Gasteiger partial charge in [-0.15, -0.1) is 0 Å². The van der Waals surface area contributed by atoms with Crippen LogP contribution in [0.4, 0.5) is 5.69 Å². The van der Waals surface area contributed by atoms with Gasteiger partial charge in [-0.1, -0.05) is 18.2 Å². The van der Waals surface area contributed by atoms with E-state index in [1.807, 2.05) is 0 Å². The van der Waals surface area contributed by atoms with Gasteiger partial charge in [0, 0.05) is 32.2 Å². The predicted octanol–water partition coefficient (Wildman–Crippen LogP) is 1.97. The Morgan fingerprint density at radius 2 is 1.81 bits per heavy atom. The molecular formula is C23H25N3O6. The second kappa shape index (κ2) is 8.88. The molecule has 3 amide bonds. The summed E-state index contributed by atoms with van der Waals surface area (Å²) in [4.78, 5) is 42.4. The zero-order chi connectivity index (χ0) is 22.8. The van der Waals surface area contributed by atoms with Crippen molar-refractivity contribution in [3.8, 4) is 11.5 Å². The van der Waals surface area contributed by atoms with Crippen LogP contribution in [0.2, 0.25) is 0 Å². The minimum atomic E-state index is -0.675. The molecular weight excluding hydrogens is 414 g/mol. The summed E-state index contributed by atoms with van der Waals surface area (Å²) in [6.45, 7) is 0.940. The number of carbonyl (C=O) groups is 3. The van der Waals surface area contributed by atoms with Crippen LogP contribution in [0.25, 0.3) is 0 Å². The van der Waals surface area contributed by atoms with Crippen LogP contribution in [0.15, 0.2) is 36.4 Å².